The van der Waals surface area contributed by atoms with Gasteiger partial charge in [-0.25, -0.2) is 8.42 Å². The minimum absolute atomic E-state index is 0. The lowest BCUT2D eigenvalue weighted by Gasteiger charge is -2.21. The van der Waals surface area contributed by atoms with E-state index in [2.05, 4.69) is 41.3 Å². The number of nitrogens with one attached hydrogen (secondary N) is 2. The molecule has 7 nitrogen and oxygen atoms in total. The van der Waals surface area contributed by atoms with E-state index in [1.807, 2.05) is 6.92 Å². The second-order valence-corrected chi connectivity index (χ2v) is 9.04. The van der Waals surface area contributed by atoms with Gasteiger partial charge in [0.2, 0.25) is 0 Å². The largest absolute Gasteiger partial charge is 0.378 e. The molecule has 1 saturated heterocycles. The molecule has 0 aromatic rings. The Bertz CT molecular complexity index is 500. The van der Waals surface area contributed by atoms with Crippen molar-refractivity contribution in [2.45, 2.75) is 39.8 Å². The third-order valence-corrected chi connectivity index (χ3v) is 5.05. The zero-order valence-electron chi connectivity index (χ0n) is 16.1. The Morgan fingerprint density at radius 2 is 2.00 bits per heavy atom. The summed E-state index contributed by atoms with van der Waals surface area (Å²) in [5, 5.41) is 6.77. The number of hydrogen-bond donors (Lipinski definition) is 2. The van der Waals surface area contributed by atoms with E-state index in [1.54, 1.807) is 0 Å². The van der Waals surface area contributed by atoms with Crippen LogP contribution in [0, 0.1) is 5.92 Å². The lowest BCUT2D eigenvalue weighted by molar-refractivity contribution is 0.157. The minimum Gasteiger partial charge on any atom is -0.378 e. The molecule has 1 aliphatic rings. The van der Waals surface area contributed by atoms with E-state index in [1.165, 1.54) is 6.26 Å². The van der Waals surface area contributed by atoms with Crippen molar-refractivity contribution >= 4 is 39.8 Å². The van der Waals surface area contributed by atoms with Gasteiger partial charge >= 0.3 is 0 Å². The highest BCUT2D eigenvalue weighted by Crippen LogP contribution is 2.18. The molecule has 0 aromatic heterocycles. The van der Waals surface area contributed by atoms with Crippen LogP contribution >= 0.6 is 24.0 Å². The van der Waals surface area contributed by atoms with Gasteiger partial charge in [-0.3, -0.25) is 9.89 Å². The van der Waals surface area contributed by atoms with Gasteiger partial charge in [-0.15, -0.1) is 24.0 Å². The van der Waals surface area contributed by atoms with Crippen molar-refractivity contribution in [3.63, 3.8) is 0 Å². The molecule has 0 amide bonds. The SMILES string of the molecule is CCNC(=NCCOCCS(C)(=O)=O)NC1CN(C(C)C)CC1C.I. The van der Waals surface area contributed by atoms with Crippen LogP contribution in [0.15, 0.2) is 4.99 Å². The summed E-state index contributed by atoms with van der Waals surface area (Å²) in [4.78, 5) is 6.99. The van der Waals surface area contributed by atoms with Crippen LogP contribution in [0.1, 0.15) is 27.7 Å². The molecule has 1 fully saturated rings. The molecule has 0 aliphatic carbocycles. The number of sulfone groups is 1. The summed E-state index contributed by atoms with van der Waals surface area (Å²) in [5.74, 6) is 1.42. The Morgan fingerprint density at radius 1 is 1.32 bits per heavy atom. The molecule has 0 radical (unpaired) electrons. The molecule has 2 unspecified atom stereocenters. The van der Waals surface area contributed by atoms with Crippen LogP contribution in [-0.2, 0) is 14.6 Å². The molecule has 150 valence electrons. The average molecular weight is 490 g/mol. The van der Waals surface area contributed by atoms with E-state index in [4.69, 9.17) is 4.74 Å². The van der Waals surface area contributed by atoms with Crippen molar-refractivity contribution < 1.29 is 13.2 Å². The van der Waals surface area contributed by atoms with E-state index in [0.29, 0.717) is 31.2 Å². The van der Waals surface area contributed by atoms with Crippen LogP contribution in [0.3, 0.4) is 0 Å². The van der Waals surface area contributed by atoms with Gasteiger partial charge in [-0.1, -0.05) is 6.92 Å². The number of halogens is 1. The Balaban J connectivity index is 0.00000576. The molecule has 0 bridgehead atoms. The number of hydrogen-bond acceptors (Lipinski definition) is 5. The van der Waals surface area contributed by atoms with Crippen molar-refractivity contribution in [3.8, 4) is 0 Å². The quantitative estimate of drug-likeness (QED) is 0.217. The summed E-state index contributed by atoms with van der Waals surface area (Å²) in [6.45, 7) is 12.8. The maximum Gasteiger partial charge on any atom is 0.191 e. The summed E-state index contributed by atoms with van der Waals surface area (Å²) in [6.07, 6.45) is 1.21. The first kappa shape index (κ1) is 24.9. The van der Waals surface area contributed by atoms with Crippen LogP contribution in [0.4, 0.5) is 0 Å². The molecule has 2 N–H and O–H groups in total. The van der Waals surface area contributed by atoms with Crippen molar-refractivity contribution in [3.05, 3.63) is 0 Å². The summed E-state index contributed by atoms with van der Waals surface area (Å²) in [7, 11) is -2.96. The van der Waals surface area contributed by atoms with Gasteiger partial charge in [0.05, 0.1) is 25.5 Å². The maximum atomic E-state index is 11.0. The topological polar surface area (TPSA) is 83.0 Å². The van der Waals surface area contributed by atoms with Crippen LogP contribution in [0.2, 0.25) is 0 Å². The average Bonchev–Trinajstić information content (AvgIpc) is 2.83. The van der Waals surface area contributed by atoms with Gasteiger partial charge in [0.15, 0.2) is 5.96 Å². The normalized spacial score (nSPS) is 22.1. The second kappa shape index (κ2) is 12.3. The molecule has 2 atom stereocenters. The first-order valence-electron chi connectivity index (χ1n) is 8.77. The molecular formula is C16H35IN4O3S. The van der Waals surface area contributed by atoms with Gasteiger partial charge < -0.3 is 15.4 Å². The van der Waals surface area contributed by atoms with Crippen LogP contribution in [0.5, 0.6) is 0 Å². The fourth-order valence-corrected chi connectivity index (χ4v) is 3.06. The highest BCUT2D eigenvalue weighted by molar-refractivity contribution is 14.0. The lowest BCUT2D eigenvalue weighted by Crippen LogP contribution is -2.47. The molecule has 1 aliphatic heterocycles. The Hall–Kier alpha value is -0.130. The molecule has 1 rings (SSSR count). The molecule has 25 heavy (non-hydrogen) atoms. The number of rotatable bonds is 9. The summed E-state index contributed by atoms with van der Waals surface area (Å²) in [6, 6.07) is 0.943. The molecule has 0 spiro atoms. The zero-order valence-corrected chi connectivity index (χ0v) is 19.3. The maximum absolute atomic E-state index is 11.0. The highest BCUT2D eigenvalue weighted by atomic mass is 127. The lowest BCUT2D eigenvalue weighted by atomic mass is 10.1. The minimum atomic E-state index is -2.96. The summed E-state index contributed by atoms with van der Waals surface area (Å²) in [5.41, 5.74) is 0. The fourth-order valence-electron chi connectivity index (χ4n) is 2.64. The monoisotopic (exact) mass is 490 g/mol. The molecule has 1 heterocycles. The Kier molecular flexibility index (Phi) is 12.2. The van der Waals surface area contributed by atoms with Crippen molar-refractivity contribution in [1.29, 1.82) is 0 Å². The first-order chi connectivity index (χ1) is 11.2. The van der Waals surface area contributed by atoms with Gasteiger partial charge in [-0.05, 0) is 26.7 Å². The Morgan fingerprint density at radius 3 is 2.52 bits per heavy atom. The molecular weight excluding hydrogens is 455 g/mol. The molecule has 0 aromatic carbocycles. The first-order valence-corrected chi connectivity index (χ1v) is 10.8. The van der Waals surface area contributed by atoms with E-state index in [0.717, 1.165) is 25.6 Å². The molecule has 9 heteroatoms. The summed E-state index contributed by atoms with van der Waals surface area (Å²) >= 11 is 0. The number of likely N-dealkylation sites (tertiary alicyclic amines) is 1. The van der Waals surface area contributed by atoms with Crippen molar-refractivity contribution in [2.75, 3.05) is 51.4 Å². The number of aliphatic imine (C=N–C) groups is 1. The van der Waals surface area contributed by atoms with Gasteiger partial charge in [0, 0.05) is 38.0 Å². The smallest absolute Gasteiger partial charge is 0.191 e. The van der Waals surface area contributed by atoms with E-state index >= 15 is 0 Å². The van der Waals surface area contributed by atoms with Gasteiger partial charge in [-0.2, -0.15) is 0 Å². The predicted molar refractivity (Wildman–Crippen MR) is 115 cm³/mol. The molecule has 0 saturated carbocycles. The predicted octanol–water partition coefficient (Wildman–Crippen LogP) is 0.949. The number of nitrogens with zero attached hydrogens (tertiary/aromatic N) is 2. The standard InChI is InChI=1S/C16H34N4O3S.HI/c1-6-17-16(18-7-8-23-9-10-24(5,21)22)19-15-12-20(13(2)3)11-14(15)4;/h13-15H,6-12H2,1-5H3,(H2,17,18,19);1H. The summed E-state index contributed by atoms with van der Waals surface area (Å²) < 4.78 is 27.4. The third-order valence-electron chi connectivity index (χ3n) is 4.14. The van der Waals surface area contributed by atoms with Gasteiger partial charge in [0.1, 0.15) is 9.84 Å². The highest BCUT2D eigenvalue weighted by Gasteiger charge is 2.31. The van der Waals surface area contributed by atoms with Crippen LogP contribution < -0.4 is 10.6 Å². The van der Waals surface area contributed by atoms with Gasteiger partial charge in [0.25, 0.3) is 0 Å². The van der Waals surface area contributed by atoms with E-state index in [-0.39, 0.29) is 36.3 Å². The Labute approximate surface area is 170 Å². The van der Waals surface area contributed by atoms with E-state index in [9.17, 15) is 8.42 Å². The fraction of sp³-hybridized carbons (Fsp3) is 0.938. The second-order valence-electron chi connectivity index (χ2n) is 6.78. The van der Waals surface area contributed by atoms with Crippen LogP contribution in [-0.4, -0.2) is 82.8 Å². The van der Waals surface area contributed by atoms with Crippen molar-refractivity contribution in [2.24, 2.45) is 10.9 Å². The van der Waals surface area contributed by atoms with Crippen molar-refractivity contribution in [1.82, 2.24) is 15.5 Å². The number of ether oxygens (including phenoxy) is 1. The number of guanidine groups is 1. The third kappa shape index (κ3) is 10.6. The van der Waals surface area contributed by atoms with Crippen LogP contribution in [0.25, 0.3) is 0 Å². The zero-order chi connectivity index (χ0) is 18.2. The van der Waals surface area contributed by atoms with E-state index < -0.39 is 9.84 Å².